The Morgan fingerprint density at radius 3 is 2.39 bits per heavy atom. The van der Waals surface area contributed by atoms with Crippen LogP contribution in [0.5, 0.6) is 0 Å². The van der Waals surface area contributed by atoms with Crippen LogP contribution in [0.25, 0.3) is 0 Å². The predicted octanol–water partition coefficient (Wildman–Crippen LogP) is 1.57. The third-order valence-corrected chi connectivity index (χ3v) is 3.39. The molecule has 0 aromatic rings. The molecule has 18 heavy (non-hydrogen) atoms. The van der Waals surface area contributed by atoms with E-state index in [0.717, 1.165) is 0 Å². The summed E-state index contributed by atoms with van der Waals surface area (Å²) < 4.78 is 28.8. The topological polar surface area (TPSA) is 46.2 Å². The van der Waals surface area contributed by atoms with E-state index in [1.807, 2.05) is 33.8 Å². The maximum atomic E-state index is 5.91. The summed E-state index contributed by atoms with van der Waals surface area (Å²) in [5, 5.41) is 0. The van der Waals surface area contributed by atoms with E-state index in [2.05, 4.69) is 0 Å². The second kappa shape index (κ2) is 3.93. The Morgan fingerprint density at radius 2 is 1.72 bits per heavy atom. The second-order valence-corrected chi connectivity index (χ2v) is 5.86. The van der Waals surface area contributed by atoms with Crippen molar-refractivity contribution in [1.82, 2.24) is 0 Å². The fourth-order valence-electron chi connectivity index (χ4n) is 2.69. The molecule has 5 heteroatoms. The van der Waals surface area contributed by atoms with Crippen LogP contribution in [-0.2, 0) is 23.7 Å². The molecule has 0 spiro atoms. The zero-order valence-corrected chi connectivity index (χ0v) is 11.2. The van der Waals surface area contributed by atoms with Gasteiger partial charge in [-0.3, -0.25) is 0 Å². The van der Waals surface area contributed by atoms with Crippen LogP contribution in [0.15, 0.2) is 12.3 Å². The van der Waals surface area contributed by atoms with E-state index in [0.29, 0.717) is 6.61 Å². The number of hydrogen-bond donors (Lipinski definition) is 0. The minimum atomic E-state index is -0.583. The summed E-state index contributed by atoms with van der Waals surface area (Å²) in [6.07, 6.45) is 3.01. The molecular weight excluding hydrogens is 236 g/mol. The normalized spacial score (nSPS) is 44.7. The Balaban J connectivity index is 1.76. The van der Waals surface area contributed by atoms with Gasteiger partial charge in [0.25, 0.3) is 0 Å². The van der Waals surface area contributed by atoms with Crippen LogP contribution < -0.4 is 0 Å². The van der Waals surface area contributed by atoms with Gasteiger partial charge in [0.05, 0.1) is 12.9 Å². The van der Waals surface area contributed by atoms with Crippen molar-refractivity contribution in [3.05, 3.63) is 12.3 Å². The van der Waals surface area contributed by atoms with Crippen molar-refractivity contribution in [2.45, 2.75) is 63.7 Å². The van der Waals surface area contributed by atoms with Crippen molar-refractivity contribution in [3.8, 4) is 0 Å². The van der Waals surface area contributed by atoms with Crippen molar-refractivity contribution >= 4 is 0 Å². The predicted molar refractivity (Wildman–Crippen MR) is 62.7 cm³/mol. The number of ether oxygens (including phenoxy) is 5. The van der Waals surface area contributed by atoms with E-state index in [4.69, 9.17) is 23.7 Å². The van der Waals surface area contributed by atoms with Crippen LogP contribution in [0.4, 0.5) is 0 Å². The van der Waals surface area contributed by atoms with Crippen LogP contribution in [0.3, 0.4) is 0 Å². The number of hydrogen-bond acceptors (Lipinski definition) is 5. The van der Waals surface area contributed by atoms with Gasteiger partial charge in [-0.15, -0.1) is 0 Å². The van der Waals surface area contributed by atoms with Crippen molar-refractivity contribution in [1.29, 1.82) is 0 Å². The highest BCUT2D eigenvalue weighted by molar-refractivity contribution is 5.05. The smallest absolute Gasteiger partial charge is 0.164 e. The molecule has 0 amide bonds. The average molecular weight is 256 g/mol. The first kappa shape index (κ1) is 12.4. The third-order valence-electron chi connectivity index (χ3n) is 3.39. The Labute approximate surface area is 107 Å². The van der Waals surface area contributed by atoms with Gasteiger partial charge in [-0.2, -0.15) is 0 Å². The molecule has 3 aliphatic rings. The molecule has 4 atom stereocenters. The van der Waals surface area contributed by atoms with Gasteiger partial charge < -0.3 is 23.7 Å². The maximum Gasteiger partial charge on any atom is 0.164 e. The van der Waals surface area contributed by atoms with Crippen molar-refractivity contribution in [2.75, 3.05) is 6.61 Å². The molecule has 3 aliphatic heterocycles. The number of rotatable bonds is 1. The molecule has 0 radical (unpaired) electrons. The van der Waals surface area contributed by atoms with E-state index in [1.165, 1.54) is 0 Å². The van der Waals surface area contributed by atoms with Gasteiger partial charge in [-0.1, -0.05) is 0 Å². The molecule has 0 unspecified atom stereocenters. The van der Waals surface area contributed by atoms with Crippen LogP contribution in [0, 0.1) is 0 Å². The lowest BCUT2D eigenvalue weighted by Crippen LogP contribution is -2.47. The van der Waals surface area contributed by atoms with Gasteiger partial charge in [-0.25, -0.2) is 0 Å². The van der Waals surface area contributed by atoms with Gasteiger partial charge in [-0.05, 0) is 33.8 Å². The highest BCUT2D eigenvalue weighted by Crippen LogP contribution is 2.37. The first-order valence-corrected chi connectivity index (χ1v) is 6.36. The molecule has 0 N–H and O–H groups in total. The van der Waals surface area contributed by atoms with Crippen molar-refractivity contribution in [3.63, 3.8) is 0 Å². The van der Waals surface area contributed by atoms with E-state index >= 15 is 0 Å². The Kier molecular flexibility index (Phi) is 2.71. The van der Waals surface area contributed by atoms with Gasteiger partial charge in [0.1, 0.15) is 18.3 Å². The average Bonchev–Trinajstić information content (AvgIpc) is 2.75. The van der Waals surface area contributed by atoms with Gasteiger partial charge in [0.2, 0.25) is 0 Å². The maximum absolute atomic E-state index is 5.91. The van der Waals surface area contributed by atoms with Gasteiger partial charge in [0.15, 0.2) is 17.7 Å². The summed E-state index contributed by atoms with van der Waals surface area (Å²) in [5.41, 5.74) is 0. The zero-order chi connectivity index (χ0) is 13.0. The van der Waals surface area contributed by atoms with Gasteiger partial charge >= 0.3 is 0 Å². The number of fused-ring (bicyclic) bond motifs is 1. The summed E-state index contributed by atoms with van der Waals surface area (Å²) in [6.45, 7) is 8.13. The Hall–Kier alpha value is -0.620. The Bertz CT molecular complexity index is 362. The molecule has 0 saturated carbocycles. The fraction of sp³-hybridized carbons (Fsp3) is 0.846. The van der Waals surface area contributed by atoms with Crippen LogP contribution >= 0.6 is 0 Å². The van der Waals surface area contributed by atoms with Crippen molar-refractivity contribution < 1.29 is 23.7 Å². The first-order valence-electron chi connectivity index (χ1n) is 6.36. The first-order chi connectivity index (χ1) is 8.36. The summed E-state index contributed by atoms with van der Waals surface area (Å²) in [5.74, 6) is -1.14. The summed E-state index contributed by atoms with van der Waals surface area (Å²) in [7, 11) is 0. The van der Waals surface area contributed by atoms with Crippen LogP contribution in [-0.4, -0.2) is 42.6 Å². The fourth-order valence-corrected chi connectivity index (χ4v) is 2.69. The second-order valence-electron chi connectivity index (χ2n) is 5.86. The SMILES string of the molecule is CC1(C)OC[C@@H]([C@H]2OC=C[C@H]3OC(C)(C)O[C@@H]23)O1. The summed E-state index contributed by atoms with van der Waals surface area (Å²) in [6, 6.07) is 0. The van der Waals surface area contributed by atoms with Crippen LogP contribution in [0.2, 0.25) is 0 Å². The van der Waals surface area contributed by atoms with E-state index in [1.54, 1.807) is 6.26 Å². The van der Waals surface area contributed by atoms with Gasteiger partial charge in [0, 0.05) is 0 Å². The molecule has 2 saturated heterocycles. The molecule has 0 bridgehead atoms. The largest absolute Gasteiger partial charge is 0.493 e. The zero-order valence-electron chi connectivity index (χ0n) is 11.2. The van der Waals surface area contributed by atoms with E-state index in [9.17, 15) is 0 Å². The molecule has 3 heterocycles. The molecule has 102 valence electrons. The molecule has 3 rings (SSSR count). The van der Waals surface area contributed by atoms with E-state index < -0.39 is 11.6 Å². The molecule has 5 nitrogen and oxygen atoms in total. The molecular formula is C13H20O5. The highest BCUT2D eigenvalue weighted by atomic mass is 16.8. The molecule has 2 fully saturated rings. The van der Waals surface area contributed by atoms with Crippen LogP contribution in [0.1, 0.15) is 27.7 Å². The minimum Gasteiger partial charge on any atom is -0.493 e. The third kappa shape index (κ3) is 2.16. The molecule has 0 aliphatic carbocycles. The quantitative estimate of drug-likeness (QED) is 0.712. The van der Waals surface area contributed by atoms with Crippen molar-refractivity contribution in [2.24, 2.45) is 0 Å². The molecule has 0 aromatic heterocycles. The lowest BCUT2D eigenvalue weighted by molar-refractivity contribution is -0.179. The molecule has 0 aromatic carbocycles. The van der Waals surface area contributed by atoms with E-state index in [-0.39, 0.29) is 24.4 Å². The monoisotopic (exact) mass is 256 g/mol. The summed E-state index contributed by atoms with van der Waals surface area (Å²) in [4.78, 5) is 0. The lowest BCUT2D eigenvalue weighted by Gasteiger charge is -2.31. The summed E-state index contributed by atoms with van der Waals surface area (Å²) >= 11 is 0. The standard InChI is InChI=1S/C13H20O5/c1-12(2)15-7-9(17-12)10-11-8(5-6-14-10)16-13(3,4)18-11/h5-6,8-11H,7H2,1-4H3/t8-,9+,10-,11-/m1/s1. The Morgan fingerprint density at radius 1 is 0.944 bits per heavy atom. The highest BCUT2D eigenvalue weighted by Gasteiger charge is 2.51. The lowest BCUT2D eigenvalue weighted by atomic mass is 10.0. The minimum absolute atomic E-state index is 0.0777.